The minimum absolute atomic E-state index is 0. The Hall–Kier alpha value is -4.84. The summed E-state index contributed by atoms with van der Waals surface area (Å²) in [5.41, 5.74) is 0.874. The van der Waals surface area contributed by atoms with Crippen molar-refractivity contribution in [2.24, 2.45) is 0 Å². The fourth-order valence-corrected chi connectivity index (χ4v) is 7.77. The molecule has 23 heteroatoms. The van der Waals surface area contributed by atoms with Crippen molar-refractivity contribution in [3.05, 3.63) is 52.4 Å². The molecule has 0 unspecified atom stereocenters. The standard InChI is InChI=1S/C43H61N9O13.Lu/c1-29(2)33-23-34(36(54)24-35(33)53)42-45-46-43(63)52(42)30-3-5-31(6-4-30)65-32-7-11-51(12-8-32)38(56)9-21-64-22-10-44-37(55)25-47-13-15-48(26-39(57)58)17-19-50(28-41(61)62)20-18-49(16-14-47)27-40(59)60;/h3-6,23-24,29,32,53-54H,7-22,25-28H2,1-2H3,(H,44,55)(H,46,63)(H,57,58)(H,59,60)(H,61,62);. The number of hydrogen-bond donors (Lipinski definition) is 7. The number of nitrogens with one attached hydrogen (secondary N) is 2. The molecule has 66 heavy (non-hydrogen) atoms. The van der Waals surface area contributed by atoms with Crippen LogP contribution in [0.5, 0.6) is 17.2 Å². The van der Waals surface area contributed by atoms with Gasteiger partial charge in [-0.25, -0.2) is 14.5 Å². The van der Waals surface area contributed by atoms with Crippen molar-refractivity contribution in [3.63, 3.8) is 0 Å². The second kappa shape index (κ2) is 26.5. The molecular weight excluding hydrogens is 1030 g/mol. The molecule has 371 valence electrons. The van der Waals surface area contributed by atoms with Crippen molar-refractivity contribution < 1.29 is 95.9 Å². The number of carbonyl (C=O) groups is 5. The van der Waals surface area contributed by atoms with Gasteiger partial charge in [-0.3, -0.25) is 43.6 Å². The molecule has 0 bridgehead atoms. The van der Waals surface area contributed by atoms with E-state index in [9.17, 15) is 54.3 Å². The van der Waals surface area contributed by atoms with Crippen LogP contribution in [0.4, 0.5) is 0 Å². The van der Waals surface area contributed by atoms with E-state index < -0.39 is 23.6 Å². The number of aromatic nitrogens is 3. The molecule has 22 nitrogen and oxygen atoms in total. The molecule has 0 spiro atoms. The van der Waals surface area contributed by atoms with Crippen LogP contribution in [0.2, 0.25) is 0 Å². The van der Waals surface area contributed by atoms with Crippen LogP contribution < -0.4 is 15.7 Å². The van der Waals surface area contributed by atoms with E-state index in [1.165, 1.54) is 10.6 Å². The van der Waals surface area contributed by atoms with Crippen LogP contribution in [-0.4, -0.2) is 212 Å². The number of aliphatic carboxylic acids is 3. The average molecular weight is 1090 g/mol. The largest absolute Gasteiger partial charge is 0.508 e. The number of nitrogens with zero attached hydrogens (tertiary/aromatic N) is 7. The molecule has 0 aliphatic carbocycles. The molecule has 2 amide bonds. The van der Waals surface area contributed by atoms with Crippen molar-refractivity contribution in [3.8, 4) is 34.3 Å². The quantitative estimate of drug-likeness (QED) is 0.0786. The first-order valence-corrected chi connectivity index (χ1v) is 21.7. The van der Waals surface area contributed by atoms with E-state index in [1.54, 1.807) is 49.9 Å². The number of carbonyl (C=O) groups excluding carboxylic acids is 2. The summed E-state index contributed by atoms with van der Waals surface area (Å²) in [7, 11) is 0. The summed E-state index contributed by atoms with van der Waals surface area (Å²) >= 11 is 0. The summed E-state index contributed by atoms with van der Waals surface area (Å²) < 4.78 is 13.2. The van der Waals surface area contributed by atoms with E-state index in [4.69, 9.17) is 9.47 Å². The predicted octanol–water partition coefficient (Wildman–Crippen LogP) is 0.130. The summed E-state index contributed by atoms with van der Waals surface area (Å²) in [6, 6.07) is 9.75. The number of piperidine rings is 1. The molecule has 0 atom stereocenters. The van der Waals surface area contributed by atoms with Crippen LogP contribution in [0.1, 0.15) is 44.6 Å². The molecule has 1 aromatic heterocycles. The zero-order valence-electron chi connectivity index (χ0n) is 37.2. The number of aromatic amines is 1. The van der Waals surface area contributed by atoms with E-state index >= 15 is 0 Å². The van der Waals surface area contributed by atoms with Crippen LogP contribution >= 0.6 is 0 Å². The maximum absolute atomic E-state index is 13.0. The van der Waals surface area contributed by atoms with Crippen LogP contribution in [0.3, 0.4) is 0 Å². The summed E-state index contributed by atoms with van der Waals surface area (Å²) in [5, 5.41) is 58.5. The average Bonchev–Trinajstić information content (AvgIpc) is 3.63. The topological polar surface area (TPSA) is 284 Å². The fraction of sp³-hybridized carbons (Fsp3) is 0.558. The molecule has 0 saturated carbocycles. The number of hydrogen-bond acceptors (Lipinski definition) is 15. The Bertz CT molecular complexity index is 2110. The van der Waals surface area contributed by atoms with Gasteiger partial charge in [0.25, 0.3) is 0 Å². The van der Waals surface area contributed by atoms with Gasteiger partial charge >= 0.3 is 23.6 Å². The molecule has 2 saturated heterocycles. The van der Waals surface area contributed by atoms with E-state index in [0.29, 0.717) is 69.1 Å². The van der Waals surface area contributed by atoms with E-state index in [-0.39, 0.29) is 162 Å². The smallest absolute Gasteiger partial charge is 0.348 e. The maximum Gasteiger partial charge on any atom is 0.348 e. The summed E-state index contributed by atoms with van der Waals surface area (Å²) in [6.07, 6.45) is 1.26. The van der Waals surface area contributed by atoms with Crippen molar-refractivity contribution >= 4 is 29.7 Å². The number of H-pyrrole nitrogens is 1. The third-order valence-corrected chi connectivity index (χ3v) is 11.3. The molecule has 2 aliphatic heterocycles. The summed E-state index contributed by atoms with van der Waals surface area (Å²) in [6.45, 7) is 6.91. The number of carboxylic acids is 3. The Morgan fingerprint density at radius 2 is 1.26 bits per heavy atom. The van der Waals surface area contributed by atoms with Gasteiger partial charge < -0.3 is 45.2 Å². The van der Waals surface area contributed by atoms with Gasteiger partial charge in [-0.2, -0.15) is 5.10 Å². The molecular formula is C43H61LuN9O13. The number of amides is 2. The van der Waals surface area contributed by atoms with Crippen LogP contribution in [0.15, 0.2) is 41.2 Å². The number of ether oxygens (including phenoxy) is 2. The van der Waals surface area contributed by atoms with Gasteiger partial charge in [0.2, 0.25) is 11.8 Å². The second-order valence-corrected chi connectivity index (χ2v) is 16.5. The molecule has 5 rings (SSSR count). The van der Waals surface area contributed by atoms with E-state index in [2.05, 4.69) is 15.5 Å². The Balaban J connectivity index is 0.00000952. The Morgan fingerprint density at radius 3 is 1.76 bits per heavy atom. The Labute approximate surface area is 411 Å². The normalized spacial score (nSPS) is 16.5. The molecule has 3 heterocycles. The van der Waals surface area contributed by atoms with Crippen molar-refractivity contribution in [1.29, 1.82) is 0 Å². The zero-order chi connectivity index (χ0) is 47.0. The SMILES string of the molecule is CC(C)c1cc(-c2n[nH]c(=O)n2-c2ccc(OC3CCN(C(=O)CCOCCNC(=O)CN4CCN(CC(=O)O)CCN(CC(=O)O)CCN(CC(=O)O)CC4)CC3)cc2)c(O)cc1O.[Lu]. The van der Waals surface area contributed by atoms with Gasteiger partial charge in [-0.05, 0) is 41.8 Å². The van der Waals surface area contributed by atoms with Gasteiger partial charge in [0.15, 0.2) is 5.82 Å². The Morgan fingerprint density at radius 1 is 0.742 bits per heavy atom. The number of phenols is 2. The minimum Gasteiger partial charge on any atom is -0.508 e. The summed E-state index contributed by atoms with van der Waals surface area (Å²) in [4.78, 5) is 81.8. The van der Waals surface area contributed by atoms with E-state index in [0.717, 1.165) is 0 Å². The number of rotatable bonds is 19. The first kappa shape index (κ1) is 53.8. The molecule has 3 aromatic rings. The monoisotopic (exact) mass is 1090 g/mol. The number of likely N-dealkylation sites (tertiary alicyclic amines) is 1. The fourth-order valence-electron chi connectivity index (χ4n) is 7.77. The Kier molecular flexibility index (Phi) is 21.6. The second-order valence-electron chi connectivity index (χ2n) is 16.5. The predicted molar refractivity (Wildman–Crippen MR) is 234 cm³/mol. The number of aromatic hydroxyl groups is 2. The maximum atomic E-state index is 13.0. The van der Waals surface area contributed by atoms with Gasteiger partial charge in [0.1, 0.15) is 23.4 Å². The first-order chi connectivity index (χ1) is 31.1. The molecule has 1 radical (unpaired) electrons. The van der Waals surface area contributed by atoms with Gasteiger partial charge in [-0.15, -0.1) is 0 Å². The number of benzene rings is 2. The zero-order valence-corrected chi connectivity index (χ0v) is 38.8. The minimum atomic E-state index is -1.04. The molecule has 7 N–H and O–H groups in total. The van der Waals surface area contributed by atoms with Crippen LogP contribution in [-0.2, 0) is 28.7 Å². The van der Waals surface area contributed by atoms with E-state index in [1.807, 2.05) is 18.7 Å². The number of carboxylic acid groups (broad SMARTS) is 3. The number of phenolic OH excluding ortho intramolecular Hbond substituents is 2. The molecule has 2 aromatic carbocycles. The molecule has 2 fully saturated rings. The van der Waals surface area contributed by atoms with Crippen molar-refractivity contribution in [2.75, 3.05) is 111 Å². The summed E-state index contributed by atoms with van der Waals surface area (Å²) in [5.74, 6) is -2.99. The van der Waals surface area contributed by atoms with Gasteiger partial charge in [0, 0.05) is 128 Å². The van der Waals surface area contributed by atoms with Crippen molar-refractivity contribution in [2.45, 2.75) is 45.1 Å². The van der Waals surface area contributed by atoms with Crippen LogP contribution in [0.25, 0.3) is 17.1 Å². The molecule has 2 aliphatic rings. The van der Waals surface area contributed by atoms with Gasteiger partial charge in [0.05, 0.1) is 57.1 Å². The first-order valence-electron chi connectivity index (χ1n) is 21.7. The van der Waals surface area contributed by atoms with Crippen LogP contribution in [0, 0.1) is 36.9 Å². The van der Waals surface area contributed by atoms with Gasteiger partial charge in [-0.1, -0.05) is 13.8 Å². The van der Waals surface area contributed by atoms with Crippen molar-refractivity contribution in [1.82, 2.24) is 44.6 Å². The third-order valence-electron chi connectivity index (χ3n) is 11.3. The third kappa shape index (κ3) is 16.8.